The summed E-state index contributed by atoms with van der Waals surface area (Å²) in [4.78, 5) is 18.9. The lowest BCUT2D eigenvalue weighted by Crippen LogP contribution is -2.32. The number of hydrogen-bond acceptors (Lipinski definition) is 14. The Morgan fingerprint density at radius 3 is 1.74 bits per heavy atom. The molecule has 0 saturated carbocycles. The monoisotopic (exact) mass is 577 g/mol. The van der Waals surface area contributed by atoms with Crippen LogP contribution in [-0.4, -0.2) is 56.6 Å². The summed E-state index contributed by atoms with van der Waals surface area (Å²) < 4.78 is 76.7. The molecular weight excluding hydrogens is 559 g/mol. The average Bonchev–Trinajstić information content (AvgIpc) is 3.07. The fraction of sp³-hybridized carbons (Fsp3) is 0.231. The Bertz CT molecular complexity index is 1350. The number of nitrogen functional groups attached to an aromatic ring is 1. The molecule has 16 nitrogen and oxygen atoms in total. The van der Waals surface area contributed by atoms with Gasteiger partial charge in [-0.05, 0) is 12.1 Å². The van der Waals surface area contributed by atoms with Crippen LogP contribution in [-0.2, 0) is 44.6 Å². The quantitative estimate of drug-likeness (QED) is 0.126. The van der Waals surface area contributed by atoms with E-state index in [0.29, 0.717) is 0 Å². The molecule has 2 aromatic rings. The lowest BCUT2D eigenvalue weighted by molar-refractivity contribution is 0.150. The second-order valence-electron chi connectivity index (χ2n) is 5.90. The second-order valence-corrected chi connectivity index (χ2v) is 12.1. The first-order chi connectivity index (χ1) is 15.7. The van der Waals surface area contributed by atoms with Crippen molar-refractivity contribution < 1.29 is 39.8 Å². The summed E-state index contributed by atoms with van der Waals surface area (Å²) in [6.07, 6.45) is 0. The predicted octanol–water partition coefficient (Wildman–Crippen LogP) is -1.38. The molecule has 0 aliphatic carbocycles. The molecule has 0 bridgehead atoms. The van der Waals surface area contributed by atoms with Crippen LogP contribution in [0, 0.1) is 0 Å². The molecule has 0 amide bonds. The van der Waals surface area contributed by atoms with Gasteiger partial charge in [-0.3, -0.25) is 14.5 Å². The number of aromatic nitrogens is 1. The van der Waals surface area contributed by atoms with Crippen LogP contribution in [0.4, 0.5) is 16.6 Å². The third-order valence-corrected chi connectivity index (χ3v) is 9.13. The zero-order valence-electron chi connectivity index (χ0n) is 17.5. The maximum absolute atomic E-state index is 12.8. The Morgan fingerprint density at radius 2 is 1.35 bits per heavy atom. The van der Waals surface area contributed by atoms with Gasteiger partial charge in [-0.25, -0.2) is 30.2 Å². The first kappa shape index (κ1) is 28.2. The average molecular weight is 578 g/mol. The number of nitrogens with zero attached hydrogens (tertiary/aromatic N) is 1. The van der Waals surface area contributed by atoms with E-state index in [4.69, 9.17) is 23.7 Å². The van der Waals surface area contributed by atoms with E-state index in [9.17, 15) is 25.3 Å². The minimum atomic E-state index is -4.89. The third kappa shape index (κ3) is 6.14. The van der Waals surface area contributed by atoms with Crippen LogP contribution >= 0.6 is 23.6 Å². The van der Waals surface area contributed by atoms with E-state index >= 15 is 0 Å². The number of nitrogens with one attached hydrogen (secondary N) is 4. The number of thiocarbonyl (C=S) groups is 1. The summed E-state index contributed by atoms with van der Waals surface area (Å²) in [6, 6.07) is 1.63. The lowest BCUT2D eigenvalue weighted by atomic mass is 10.3. The summed E-state index contributed by atoms with van der Waals surface area (Å²) in [5.41, 5.74) is 11.1. The molecule has 0 atom stereocenters. The van der Waals surface area contributed by atoms with E-state index in [2.05, 4.69) is 24.8 Å². The largest absolute Gasteiger partial charge is 0.389 e. The fourth-order valence-corrected chi connectivity index (χ4v) is 7.67. The molecule has 1 heterocycles. The number of benzene rings is 1. The molecule has 0 radical (unpaired) electrons. The van der Waals surface area contributed by atoms with Crippen molar-refractivity contribution in [1.29, 1.82) is 0 Å². The molecule has 190 valence electrons. The SMILES string of the molecule is CONS(=O)(=O)c1cc(Nc2nc(N)c(C(N)=S)s2)cc(S(=O)(=O)NOC)c1S(=O)(=O)NOC. The first-order valence-corrected chi connectivity index (χ1v) is 14.0. The highest BCUT2D eigenvalue weighted by molar-refractivity contribution is 7.94. The number of thiazole rings is 1. The molecule has 0 unspecified atom stereocenters. The van der Waals surface area contributed by atoms with Gasteiger partial charge in [0.15, 0.2) is 5.13 Å². The minimum Gasteiger partial charge on any atom is -0.389 e. The Morgan fingerprint density at radius 1 is 0.912 bits per heavy atom. The number of nitrogens with two attached hydrogens (primary N) is 2. The van der Waals surface area contributed by atoms with Crippen molar-refractivity contribution in [1.82, 2.24) is 19.6 Å². The highest BCUT2D eigenvalue weighted by Crippen LogP contribution is 2.35. The molecule has 2 rings (SSSR count). The number of rotatable bonds is 12. The molecule has 0 aliphatic heterocycles. The minimum absolute atomic E-state index is 0.0359. The van der Waals surface area contributed by atoms with Crippen LogP contribution in [0.5, 0.6) is 0 Å². The van der Waals surface area contributed by atoms with E-state index in [1.54, 1.807) is 14.7 Å². The van der Waals surface area contributed by atoms with Crippen molar-refractivity contribution in [3.05, 3.63) is 17.0 Å². The summed E-state index contributed by atoms with van der Waals surface area (Å²) in [6.45, 7) is 0. The number of anilines is 3. The Labute approximate surface area is 204 Å². The highest BCUT2D eigenvalue weighted by atomic mass is 32.2. The first-order valence-electron chi connectivity index (χ1n) is 8.35. The van der Waals surface area contributed by atoms with Crippen LogP contribution in [0.1, 0.15) is 4.88 Å². The van der Waals surface area contributed by atoms with Gasteiger partial charge in [0.2, 0.25) is 0 Å². The summed E-state index contributed by atoms with van der Waals surface area (Å²) in [5.74, 6) is -0.0359. The molecule has 34 heavy (non-hydrogen) atoms. The Kier molecular flexibility index (Phi) is 8.87. The van der Waals surface area contributed by atoms with E-state index in [1.165, 1.54) is 0 Å². The maximum Gasteiger partial charge on any atom is 0.265 e. The second kappa shape index (κ2) is 10.7. The van der Waals surface area contributed by atoms with E-state index in [0.717, 1.165) is 44.8 Å². The van der Waals surface area contributed by atoms with Gasteiger partial charge < -0.3 is 16.8 Å². The number of sulfonamides is 3. The van der Waals surface area contributed by atoms with E-state index in [1.807, 2.05) is 0 Å². The summed E-state index contributed by atoms with van der Waals surface area (Å²) in [7, 11) is -11.6. The third-order valence-electron chi connectivity index (χ3n) is 3.58. The zero-order chi connectivity index (χ0) is 25.9. The smallest absolute Gasteiger partial charge is 0.265 e. The van der Waals surface area contributed by atoms with Gasteiger partial charge in [-0.15, -0.1) is 0 Å². The molecule has 0 aliphatic rings. The molecule has 0 fully saturated rings. The van der Waals surface area contributed by atoms with Crippen LogP contribution in [0.15, 0.2) is 26.8 Å². The maximum atomic E-state index is 12.8. The van der Waals surface area contributed by atoms with Crippen molar-refractivity contribution in [2.75, 3.05) is 32.4 Å². The van der Waals surface area contributed by atoms with Gasteiger partial charge in [0, 0.05) is 5.69 Å². The molecule has 0 spiro atoms. The lowest BCUT2D eigenvalue weighted by Gasteiger charge is -2.17. The van der Waals surface area contributed by atoms with Crippen LogP contribution in [0.2, 0.25) is 0 Å². The standard InChI is InChI=1S/C13H19N7O9S5/c1-27-18-32(21,22)7-4-6(16-13-17-11(14)9(31-13)12(15)30)5-8(33(23,24)19-28-2)10(7)34(25,26)20-29-3/h4-5,18-20H,14H2,1-3H3,(H2,15,30)(H,16,17). The summed E-state index contributed by atoms with van der Waals surface area (Å²) >= 11 is 5.74. The topological polar surface area (TPSA) is 243 Å². The van der Waals surface area contributed by atoms with Crippen molar-refractivity contribution in [2.24, 2.45) is 5.73 Å². The van der Waals surface area contributed by atoms with Gasteiger partial charge in [0.05, 0.1) is 21.3 Å². The van der Waals surface area contributed by atoms with Crippen LogP contribution in [0.25, 0.3) is 0 Å². The summed E-state index contributed by atoms with van der Waals surface area (Å²) in [5, 5.41) is 2.68. The molecule has 21 heteroatoms. The van der Waals surface area contributed by atoms with Crippen molar-refractivity contribution in [2.45, 2.75) is 14.7 Å². The van der Waals surface area contributed by atoms with Crippen molar-refractivity contribution >= 4 is 75.2 Å². The molecule has 1 aromatic heterocycles. The Balaban J connectivity index is 2.92. The molecule has 1 aromatic carbocycles. The normalized spacial score (nSPS) is 12.6. The number of hydrogen-bond donors (Lipinski definition) is 6. The highest BCUT2D eigenvalue weighted by Gasteiger charge is 2.36. The van der Waals surface area contributed by atoms with Crippen LogP contribution < -0.4 is 31.4 Å². The molecular formula is C13H19N7O9S5. The zero-order valence-corrected chi connectivity index (χ0v) is 21.6. The van der Waals surface area contributed by atoms with Gasteiger partial charge in [-0.2, -0.15) is 0 Å². The van der Waals surface area contributed by atoms with E-state index in [-0.39, 0.29) is 26.5 Å². The van der Waals surface area contributed by atoms with Crippen molar-refractivity contribution in [3.63, 3.8) is 0 Å². The predicted molar refractivity (Wildman–Crippen MR) is 124 cm³/mol. The molecule has 0 saturated heterocycles. The van der Waals surface area contributed by atoms with Crippen molar-refractivity contribution in [3.8, 4) is 0 Å². The Hall–Kier alpha value is -2.05. The van der Waals surface area contributed by atoms with Crippen LogP contribution in [0.3, 0.4) is 0 Å². The fourth-order valence-electron chi connectivity index (χ4n) is 2.46. The van der Waals surface area contributed by atoms with Gasteiger partial charge in [0.1, 0.15) is 30.4 Å². The van der Waals surface area contributed by atoms with E-state index < -0.39 is 44.8 Å². The van der Waals surface area contributed by atoms with Gasteiger partial charge in [0.25, 0.3) is 30.1 Å². The molecule has 8 N–H and O–H groups in total. The van der Waals surface area contributed by atoms with Gasteiger partial charge >= 0.3 is 0 Å². The van der Waals surface area contributed by atoms with Gasteiger partial charge in [-0.1, -0.05) is 38.2 Å².